The second-order valence-corrected chi connectivity index (χ2v) is 7.61. The Bertz CT molecular complexity index is 1040. The molecule has 30 heavy (non-hydrogen) atoms. The summed E-state index contributed by atoms with van der Waals surface area (Å²) in [5.74, 6) is 0.296. The van der Waals surface area contributed by atoms with Gasteiger partial charge in [-0.15, -0.1) is 0 Å². The molecular weight excluding hydrogens is 444 g/mol. The minimum atomic E-state index is -0.283. The molecule has 0 bridgehead atoms. The largest absolute Gasteiger partial charge is 0.494 e. The molecule has 5 nitrogen and oxygen atoms in total. The molecule has 0 heterocycles. The van der Waals surface area contributed by atoms with Crippen molar-refractivity contribution in [2.75, 3.05) is 18.5 Å². The van der Waals surface area contributed by atoms with E-state index >= 15 is 0 Å². The molecule has 0 fully saturated rings. The molecule has 3 aromatic rings. The maximum Gasteiger partial charge on any atom is 0.256 e. The first-order valence-corrected chi connectivity index (χ1v) is 10.5. The van der Waals surface area contributed by atoms with Gasteiger partial charge in [-0.05, 0) is 71.2 Å². The number of rotatable bonds is 8. The zero-order chi connectivity index (χ0) is 21.3. The van der Waals surface area contributed by atoms with Gasteiger partial charge < -0.3 is 15.4 Å². The van der Waals surface area contributed by atoms with Crippen LogP contribution in [0.5, 0.6) is 5.75 Å². The number of amides is 2. The molecule has 3 rings (SSSR count). The van der Waals surface area contributed by atoms with E-state index in [2.05, 4.69) is 26.6 Å². The smallest absolute Gasteiger partial charge is 0.256 e. The number of nitrogens with one attached hydrogen (secondary N) is 2. The van der Waals surface area contributed by atoms with E-state index in [-0.39, 0.29) is 11.8 Å². The average molecular weight is 467 g/mol. The molecule has 0 aliphatic rings. The van der Waals surface area contributed by atoms with Crippen LogP contribution in [0.25, 0.3) is 0 Å². The highest BCUT2D eigenvalue weighted by atomic mass is 79.9. The molecule has 0 aliphatic carbocycles. The summed E-state index contributed by atoms with van der Waals surface area (Å²) in [6.07, 6.45) is 0.672. The highest BCUT2D eigenvalue weighted by Gasteiger charge is 2.15. The number of aryl methyl sites for hydroxylation is 1. The Morgan fingerprint density at radius 1 is 0.900 bits per heavy atom. The minimum Gasteiger partial charge on any atom is -0.494 e. The third kappa shape index (κ3) is 5.94. The third-order valence-corrected chi connectivity index (χ3v) is 5.09. The first-order chi connectivity index (χ1) is 14.5. The lowest BCUT2D eigenvalue weighted by molar-refractivity contribution is 0.0952. The number of hydrogen-bond acceptors (Lipinski definition) is 3. The second kappa shape index (κ2) is 10.6. The van der Waals surface area contributed by atoms with Crippen molar-refractivity contribution in [3.8, 4) is 5.75 Å². The zero-order valence-corrected chi connectivity index (χ0v) is 18.2. The highest BCUT2D eigenvalue weighted by molar-refractivity contribution is 9.10. The van der Waals surface area contributed by atoms with Crippen LogP contribution >= 0.6 is 15.9 Å². The maximum absolute atomic E-state index is 12.6. The van der Waals surface area contributed by atoms with Crippen molar-refractivity contribution in [1.29, 1.82) is 0 Å². The van der Waals surface area contributed by atoms with E-state index in [0.717, 1.165) is 11.3 Å². The molecule has 0 unspecified atom stereocenters. The fraction of sp³-hybridized carbons (Fsp3) is 0.167. The van der Waals surface area contributed by atoms with Crippen LogP contribution < -0.4 is 15.4 Å². The Labute approximate surface area is 184 Å². The molecule has 0 radical (unpaired) electrons. The number of ether oxygens (including phenoxy) is 1. The summed E-state index contributed by atoms with van der Waals surface area (Å²) in [7, 11) is 0. The lowest BCUT2D eigenvalue weighted by Gasteiger charge is -2.12. The lowest BCUT2D eigenvalue weighted by Crippen LogP contribution is -2.27. The molecule has 0 spiro atoms. The van der Waals surface area contributed by atoms with Crippen molar-refractivity contribution < 1.29 is 14.3 Å². The maximum atomic E-state index is 12.6. The molecule has 2 amide bonds. The second-order valence-electron chi connectivity index (χ2n) is 6.75. The van der Waals surface area contributed by atoms with Crippen molar-refractivity contribution in [3.05, 3.63) is 94.0 Å². The molecule has 0 atom stereocenters. The van der Waals surface area contributed by atoms with Crippen molar-refractivity contribution in [2.24, 2.45) is 0 Å². The van der Waals surface area contributed by atoms with E-state index in [1.165, 1.54) is 0 Å². The fourth-order valence-corrected chi connectivity index (χ4v) is 3.35. The lowest BCUT2D eigenvalue weighted by atomic mass is 10.1. The number of anilines is 1. The number of carbonyl (C=O) groups is 2. The van der Waals surface area contributed by atoms with Gasteiger partial charge in [0.05, 0.1) is 23.4 Å². The molecular formula is C24H23BrN2O3. The van der Waals surface area contributed by atoms with Gasteiger partial charge in [0.2, 0.25) is 0 Å². The van der Waals surface area contributed by atoms with E-state index in [9.17, 15) is 9.59 Å². The summed E-state index contributed by atoms with van der Waals surface area (Å²) in [5.41, 5.74) is 2.52. The third-order valence-electron chi connectivity index (χ3n) is 4.40. The van der Waals surface area contributed by atoms with E-state index in [0.29, 0.717) is 40.9 Å². The van der Waals surface area contributed by atoms with Gasteiger partial charge in [-0.2, -0.15) is 0 Å². The molecule has 3 aromatic carbocycles. The van der Waals surface area contributed by atoms with E-state index in [1.54, 1.807) is 42.5 Å². The van der Waals surface area contributed by atoms with Gasteiger partial charge in [-0.25, -0.2) is 0 Å². The van der Waals surface area contributed by atoms with Crippen LogP contribution in [0.1, 0.15) is 32.7 Å². The molecule has 0 saturated carbocycles. The van der Waals surface area contributed by atoms with E-state index in [1.807, 2.05) is 37.3 Å². The summed E-state index contributed by atoms with van der Waals surface area (Å²) >= 11 is 3.38. The Balaban J connectivity index is 1.54. The van der Waals surface area contributed by atoms with E-state index in [4.69, 9.17) is 4.74 Å². The van der Waals surface area contributed by atoms with Gasteiger partial charge >= 0.3 is 0 Å². The summed E-state index contributed by atoms with van der Waals surface area (Å²) in [4.78, 5) is 25.2. The molecule has 0 saturated heterocycles. The molecule has 154 valence electrons. The van der Waals surface area contributed by atoms with Crippen LogP contribution in [0.15, 0.2) is 77.3 Å². The molecule has 0 aromatic heterocycles. The number of halogens is 1. The summed E-state index contributed by atoms with van der Waals surface area (Å²) in [5, 5.41) is 5.70. The Morgan fingerprint density at radius 3 is 2.40 bits per heavy atom. The van der Waals surface area contributed by atoms with Gasteiger partial charge in [0.15, 0.2) is 0 Å². The predicted molar refractivity (Wildman–Crippen MR) is 122 cm³/mol. The van der Waals surface area contributed by atoms with E-state index < -0.39 is 0 Å². The molecule has 2 N–H and O–H groups in total. The van der Waals surface area contributed by atoms with Crippen LogP contribution in [0.3, 0.4) is 0 Å². The zero-order valence-electron chi connectivity index (χ0n) is 16.7. The number of benzene rings is 3. The van der Waals surface area contributed by atoms with Crippen LogP contribution in [0.4, 0.5) is 5.69 Å². The van der Waals surface area contributed by atoms with Gasteiger partial charge in [0, 0.05) is 11.0 Å². The Morgan fingerprint density at radius 2 is 1.63 bits per heavy atom. The number of para-hydroxylation sites is 1. The SMILES string of the molecule is Cc1cccc(OCCCNC(=O)c2ccccc2NC(=O)c2ccccc2Br)c1. The van der Waals surface area contributed by atoms with Crippen molar-refractivity contribution in [1.82, 2.24) is 5.32 Å². The summed E-state index contributed by atoms with van der Waals surface area (Å²) < 4.78 is 6.39. The van der Waals surface area contributed by atoms with Crippen molar-refractivity contribution in [2.45, 2.75) is 13.3 Å². The predicted octanol–water partition coefficient (Wildman–Crippen LogP) is 5.21. The first kappa shape index (κ1) is 21.6. The van der Waals surface area contributed by atoms with Crippen LogP contribution in [0.2, 0.25) is 0 Å². The van der Waals surface area contributed by atoms with Gasteiger partial charge in [0.25, 0.3) is 11.8 Å². The summed E-state index contributed by atoms with van der Waals surface area (Å²) in [6, 6.07) is 21.9. The quantitative estimate of drug-likeness (QED) is 0.447. The average Bonchev–Trinajstić information content (AvgIpc) is 2.74. The minimum absolute atomic E-state index is 0.242. The van der Waals surface area contributed by atoms with Crippen LogP contribution in [-0.4, -0.2) is 25.0 Å². The Kier molecular flexibility index (Phi) is 7.63. The van der Waals surface area contributed by atoms with Gasteiger partial charge in [-0.1, -0.05) is 36.4 Å². The van der Waals surface area contributed by atoms with Gasteiger partial charge in [0.1, 0.15) is 5.75 Å². The molecule has 0 aliphatic heterocycles. The summed E-state index contributed by atoms with van der Waals surface area (Å²) in [6.45, 7) is 2.99. The first-order valence-electron chi connectivity index (χ1n) is 9.67. The van der Waals surface area contributed by atoms with Gasteiger partial charge in [-0.3, -0.25) is 9.59 Å². The molecule has 6 heteroatoms. The number of carbonyl (C=O) groups excluding carboxylic acids is 2. The topological polar surface area (TPSA) is 67.4 Å². The standard InChI is InChI=1S/C24H23BrN2O3/c1-17-8-6-9-18(16-17)30-15-7-14-26-23(28)20-11-3-5-13-22(20)27-24(29)19-10-2-4-12-21(19)25/h2-6,8-13,16H,7,14-15H2,1H3,(H,26,28)(H,27,29). The Hall–Kier alpha value is -3.12. The number of hydrogen-bond donors (Lipinski definition) is 2. The normalized spacial score (nSPS) is 10.3. The van der Waals surface area contributed by atoms with Crippen molar-refractivity contribution >= 4 is 33.4 Å². The fourth-order valence-electron chi connectivity index (χ4n) is 2.89. The highest BCUT2D eigenvalue weighted by Crippen LogP contribution is 2.20. The van der Waals surface area contributed by atoms with Crippen LogP contribution in [0, 0.1) is 6.92 Å². The monoisotopic (exact) mass is 466 g/mol. The van der Waals surface area contributed by atoms with Crippen molar-refractivity contribution in [3.63, 3.8) is 0 Å². The van der Waals surface area contributed by atoms with Crippen LogP contribution in [-0.2, 0) is 0 Å².